The maximum atomic E-state index is 2.83. The maximum absolute atomic E-state index is 2.83. The lowest BCUT2D eigenvalue weighted by Crippen LogP contribution is -2.61. The van der Waals surface area contributed by atoms with Crippen molar-refractivity contribution in [1.29, 1.82) is 0 Å². The van der Waals surface area contributed by atoms with E-state index >= 15 is 0 Å². The largest absolute Gasteiger partial charge is 0.310 e. The van der Waals surface area contributed by atoms with E-state index in [4.69, 9.17) is 0 Å². The van der Waals surface area contributed by atoms with Gasteiger partial charge < -0.3 is 9.13 Å². The van der Waals surface area contributed by atoms with E-state index in [1.807, 2.05) is 0 Å². The van der Waals surface area contributed by atoms with Crippen molar-refractivity contribution in [2.45, 2.75) is 163 Å². The minimum Gasteiger partial charge on any atom is -0.310 e. The first kappa shape index (κ1) is 49.9. The van der Waals surface area contributed by atoms with Crippen LogP contribution in [0.3, 0.4) is 0 Å². The molecule has 3 heteroatoms. The van der Waals surface area contributed by atoms with Crippen molar-refractivity contribution in [3.05, 3.63) is 195 Å². The molecule has 1 aliphatic carbocycles. The third kappa shape index (κ3) is 6.33. The summed E-state index contributed by atoms with van der Waals surface area (Å²) in [5, 5.41) is 8.07. The highest BCUT2D eigenvalue weighted by Gasteiger charge is 2.55. The summed E-state index contributed by atoms with van der Waals surface area (Å²) < 4.78 is 5.62. The molecule has 1 spiro atoms. The minimum atomic E-state index is -0.644. The Balaban J connectivity index is 1.26. The van der Waals surface area contributed by atoms with Crippen molar-refractivity contribution in [3.63, 3.8) is 0 Å². The van der Waals surface area contributed by atoms with E-state index in [9.17, 15) is 0 Å². The highest BCUT2D eigenvalue weighted by atomic mass is 15.1. The molecule has 0 saturated carbocycles. The fourth-order valence-electron chi connectivity index (χ4n) is 15.6. The van der Waals surface area contributed by atoms with Crippen LogP contribution in [0.1, 0.15) is 180 Å². The van der Waals surface area contributed by atoms with E-state index in [1.54, 1.807) is 0 Å². The molecule has 0 radical (unpaired) electrons. The summed E-state index contributed by atoms with van der Waals surface area (Å²) in [6, 6.07) is 57.3. The fraction of sp³-hybridized carbons (Fsp3) is 0.325. The summed E-state index contributed by atoms with van der Waals surface area (Å²) in [5.41, 5.74) is 30.2. The summed E-state index contributed by atoms with van der Waals surface area (Å²) in [6.07, 6.45) is 0. The molecule has 0 amide bonds. The summed E-state index contributed by atoms with van der Waals surface area (Å²) in [6.45, 7) is 43.2. The van der Waals surface area contributed by atoms with Gasteiger partial charge in [0.1, 0.15) is 0 Å². The third-order valence-electron chi connectivity index (χ3n) is 19.7. The number of aromatic nitrogens is 2. The van der Waals surface area contributed by atoms with Gasteiger partial charge in [-0.25, -0.2) is 0 Å². The van der Waals surface area contributed by atoms with E-state index in [2.05, 4.69) is 273 Å². The molecule has 4 aliphatic rings. The van der Waals surface area contributed by atoms with Crippen molar-refractivity contribution >= 4 is 77.5 Å². The van der Waals surface area contributed by atoms with E-state index in [0.29, 0.717) is 0 Å². The molecule has 80 heavy (non-hydrogen) atoms. The maximum Gasteiger partial charge on any atom is 0.252 e. The van der Waals surface area contributed by atoms with E-state index in [0.717, 1.165) is 0 Å². The molecule has 0 N–H and O–H groups in total. The van der Waals surface area contributed by atoms with Gasteiger partial charge in [-0.2, -0.15) is 0 Å². The Kier molecular flexibility index (Phi) is 9.52. The monoisotopic (exact) mass is 1040 g/mol. The van der Waals surface area contributed by atoms with Gasteiger partial charge in [0, 0.05) is 43.8 Å². The normalized spacial score (nSPS) is 15.2. The fourth-order valence-corrected chi connectivity index (χ4v) is 15.6. The Labute approximate surface area is 475 Å². The summed E-state index contributed by atoms with van der Waals surface area (Å²) in [5.74, 6) is 0. The van der Waals surface area contributed by atoms with Crippen LogP contribution in [0.15, 0.2) is 140 Å². The van der Waals surface area contributed by atoms with Gasteiger partial charge >= 0.3 is 0 Å². The molecule has 9 aromatic carbocycles. The van der Waals surface area contributed by atoms with Crippen LogP contribution < -0.4 is 16.4 Å². The molecule has 11 aromatic rings. The van der Waals surface area contributed by atoms with Gasteiger partial charge in [-0.15, -0.1) is 0 Å². The van der Waals surface area contributed by atoms with Crippen LogP contribution in [0.4, 0.5) is 0 Å². The number of fused-ring (bicyclic) bond motifs is 15. The van der Waals surface area contributed by atoms with Crippen LogP contribution in [0.2, 0.25) is 0 Å². The molecule has 0 unspecified atom stereocenters. The Morgan fingerprint density at radius 1 is 0.325 bits per heavy atom. The van der Waals surface area contributed by atoms with E-state index < -0.39 is 5.41 Å². The predicted octanol–water partition coefficient (Wildman–Crippen LogP) is 18.3. The van der Waals surface area contributed by atoms with Crippen LogP contribution in [-0.4, -0.2) is 15.8 Å². The van der Waals surface area contributed by atoms with Crippen LogP contribution >= 0.6 is 0 Å². The molecule has 0 atom stereocenters. The summed E-state index contributed by atoms with van der Waals surface area (Å²) in [7, 11) is 0. The summed E-state index contributed by atoms with van der Waals surface area (Å²) in [4.78, 5) is 0. The lowest BCUT2D eigenvalue weighted by atomic mass is 9.33. The highest BCUT2D eigenvalue weighted by molar-refractivity contribution is 7.00. The summed E-state index contributed by atoms with van der Waals surface area (Å²) >= 11 is 0. The number of hydrogen-bond acceptors (Lipinski definition) is 0. The van der Waals surface area contributed by atoms with Crippen molar-refractivity contribution < 1.29 is 0 Å². The number of rotatable bonds is 1. The number of hydrogen-bond donors (Lipinski definition) is 0. The zero-order valence-electron chi connectivity index (χ0n) is 50.8. The van der Waals surface area contributed by atoms with Gasteiger partial charge in [0.2, 0.25) is 0 Å². The smallest absolute Gasteiger partial charge is 0.252 e. The van der Waals surface area contributed by atoms with Crippen LogP contribution in [-0.2, 0) is 37.9 Å². The predicted molar refractivity (Wildman–Crippen MR) is 346 cm³/mol. The zero-order valence-corrected chi connectivity index (χ0v) is 50.8. The number of benzene rings is 9. The second-order valence-corrected chi connectivity index (χ2v) is 31.0. The van der Waals surface area contributed by atoms with Gasteiger partial charge in [-0.3, -0.25) is 0 Å². The highest BCUT2D eigenvalue weighted by Crippen LogP contribution is 2.63. The van der Waals surface area contributed by atoms with E-state index in [-0.39, 0.29) is 39.2 Å². The average Bonchev–Trinajstić information content (AvgIpc) is 1.47. The lowest BCUT2D eigenvalue weighted by Gasteiger charge is -2.45. The molecule has 0 bridgehead atoms. The molecule has 0 fully saturated rings. The first-order valence-electron chi connectivity index (χ1n) is 29.8. The average molecular weight is 1040 g/mol. The van der Waals surface area contributed by atoms with Crippen LogP contribution in [0.25, 0.3) is 88.0 Å². The second-order valence-electron chi connectivity index (χ2n) is 31.0. The first-order valence-corrected chi connectivity index (χ1v) is 29.8. The molecule has 3 aliphatic heterocycles. The van der Waals surface area contributed by atoms with Crippen LogP contribution in [0, 0.1) is 0 Å². The van der Waals surface area contributed by atoms with Gasteiger partial charge in [0.25, 0.3) is 6.71 Å². The standard InChI is InChI=1S/C77H77BN2/c1-71(2,3)43-28-31-48-42(33-43)27-30-51(64(48)76(16,17)18)56-41-60-70-65-69(56)79-63-32-29-44(72(4,5)6)34-52(63)53-36-46(74(10,11)12)39-61(67(53)79)78(65)62-40-47(75(13,14)15)37-55-54-35-45(73(7,8)9)38-59(66(54)80(70)68(55)62)77(60)57-25-21-19-23-49(57)50-24-20-22-26-58(50)77/h19-41H,1-18H3. The third-order valence-corrected chi connectivity index (χ3v) is 19.7. The molecule has 2 aromatic heterocycles. The minimum absolute atomic E-state index is 0.0207. The molecular formula is C77H77BN2. The molecule has 5 heterocycles. The molecule has 15 rings (SSSR count). The molecule has 398 valence electrons. The van der Waals surface area contributed by atoms with Crippen molar-refractivity contribution in [1.82, 2.24) is 9.13 Å². The first-order chi connectivity index (χ1) is 37.5. The molecule has 2 nitrogen and oxygen atoms in total. The van der Waals surface area contributed by atoms with Gasteiger partial charge in [0.15, 0.2) is 0 Å². The van der Waals surface area contributed by atoms with Crippen molar-refractivity contribution in [3.8, 4) is 33.6 Å². The molecule has 0 saturated heterocycles. The number of nitrogens with zero attached hydrogens (tertiary/aromatic N) is 2. The van der Waals surface area contributed by atoms with Gasteiger partial charge in [-0.1, -0.05) is 228 Å². The zero-order chi connectivity index (χ0) is 56.2. The van der Waals surface area contributed by atoms with Crippen molar-refractivity contribution in [2.75, 3.05) is 0 Å². The van der Waals surface area contributed by atoms with E-state index in [1.165, 1.54) is 160 Å². The Morgan fingerprint density at radius 3 is 1.38 bits per heavy atom. The molecular weight excluding hydrogens is 964 g/mol. The Hall–Kier alpha value is -7.10. The van der Waals surface area contributed by atoms with Crippen molar-refractivity contribution in [2.24, 2.45) is 0 Å². The Morgan fingerprint density at radius 2 is 0.812 bits per heavy atom. The lowest BCUT2D eigenvalue weighted by molar-refractivity contribution is 0.588. The quantitative estimate of drug-likeness (QED) is 0.145. The second kappa shape index (κ2) is 15.3. The van der Waals surface area contributed by atoms with Gasteiger partial charge in [0.05, 0.1) is 22.1 Å². The SMILES string of the molecule is CC(C)(C)c1ccc2c(C(C)(C)C)c(-c3cc4c5c6c3-n3c7ccc(C(C)(C)C)cc7c7cc(C(C)(C)C)cc(c73)B6c3cc(C(C)(C)C)cc6c7cc(C(C)(C)C)cc(c7n-5c36)C43c4ccccc4-c4ccccc43)ccc2c1. The Bertz CT molecular complexity index is 4590. The van der Waals surface area contributed by atoms with Crippen LogP contribution in [0.5, 0.6) is 0 Å². The topological polar surface area (TPSA) is 9.86 Å². The van der Waals surface area contributed by atoms with Gasteiger partial charge in [-0.05, 0) is 168 Å².